The quantitative estimate of drug-likeness (QED) is 0.616. The van der Waals surface area contributed by atoms with Crippen molar-refractivity contribution in [1.82, 2.24) is 5.32 Å². The summed E-state index contributed by atoms with van der Waals surface area (Å²) in [6.07, 6.45) is 5.72. The molecule has 0 aromatic rings. The van der Waals surface area contributed by atoms with Gasteiger partial charge < -0.3 is 5.11 Å². The minimum absolute atomic E-state index is 0.116. The van der Waals surface area contributed by atoms with Gasteiger partial charge in [-0.3, -0.25) is 14.9 Å². The summed E-state index contributed by atoms with van der Waals surface area (Å²) in [5, 5.41) is 13.0. The number of imide groups is 1. The predicted octanol–water partition coefficient (Wildman–Crippen LogP) is 3.20. The number of hydrogen-bond acceptors (Lipinski definition) is 3. The van der Waals surface area contributed by atoms with Crippen LogP contribution in [-0.4, -0.2) is 23.0 Å². The smallest absolute Gasteiger partial charge is 0.232 e. The number of amides is 2. The Bertz CT molecular complexity index is 567. The van der Waals surface area contributed by atoms with Crippen LogP contribution in [0.5, 0.6) is 0 Å². The van der Waals surface area contributed by atoms with Crippen LogP contribution in [0.25, 0.3) is 0 Å². The first kappa shape index (κ1) is 17.7. The van der Waals surface area contributed by atoms with Gasteiger partial charge in [0, 0.05) is 6.42 Å². The first-order valence-electron chi connectivity index (χ1n) is 9.34. The summed E-state index contributed by atoms with van der Waals surface area (Å²) in [5.74, 6) is -0.324. The van der Waals surface area contributed by atoms with Gasteiger partial charge in [0.2, 0.25) is 11.8 Å². The summed E-state index contributed by atoms with van der Waals surface area (Å²) in [7, 11) is 0. The number of hydrogen-bond donors (Lipinski definition) is 2. The van der Waals surface area contributed by atoms with Crippen LogP contribution < -0.4 is 5.32 Å². The molecule has 2 amide bonds. The molecule has 3 rings (SSSR count). The molecule has 1 aliphatic heterocycles. The number of aliphatic hydroxyl groups is 1. The average molecular weight is 333 g/mol. The topological polar surface area (TPSA) is 66.4 Å². The van der Waals surface area contributed by atoms with E-state index in [0.717, 1.165) is 12.8 Å². The Morgan fingerprint density at radius 1 is 1.29 bits per heavy atom. The maximum atomic E-state index is 11.9. The van der Waals surface area contributed by atoms with Crippen molar-refractivity contribution in [3.63, 3.8) is 0 Å². The van der Waals surface area contributed by atoms with E-state index in [0.29, 0.717) is 17.8 Å². The van der Waals surface area contributed by atoms with Crippen molar-refractivity contribution < 1.29 is 14.7 Å². The van der Waals surface area contributed by atoms with Gasteiger partial charge in [-0.1, -0.05) is 39.3 Å². The Morgan fingerprint density at radius 2 is 2.00 bits per heavy atom. The molecule has 2 saturated carbocycles. The molecular weight excluding hydrogens is 302 g/mol. The zero-order valence-corrected chi connectivity index (χ0v) is 15.2. The third-order valence-corrected chi connectivity index (χ3v) is 7.27. The second-order valence-corrected chi connectivity index (χ2v) is 9.18. The van der Waals surface area contributed by atoms with Crippen LogP contribution in [0.3, 0.4) is 0 Å². The van der Waals surface area contributed by atoms with E-state index >= 15 is 0 Å². The lowest BCUT2D eigenvalue weighted by Gasteiger charge is -2.58. The monoisotopic (exact) mass is 333 g/mol. The summed E-state index contributed by atoms with van der Waals surface area (Å²) in [6, 6.07) is 0. The van der Waals surface area contributed by atoms with E-state index in [9.17, 15) is 14.7 Å². The van der Waals surface area contributed by atoms with Gasteiger partial charge >= 0.3 is 0 Å². The van der Waals surface area contributed by atoms with Gasteiger partial charge in [-0.2, -0.15) is 0 Å². The summed E-state index contributed by atoms with van der Waals surface area (Å²) in [4.78, 5) is 23.3. The summed E-state index contributed by atoms with van der Waals surface area (Å²) >= 11 is 0. The van der Waals surface area contributed by atoms with Crippen molar-refractivity contribution in [2.24, 2.45) is 28.6 Å². The van der Waals surface area contributed by atoms with Crippen molar-refractivity contribution in [2.45, 2.75) is 71.8 Å². The van der Waals surface area contributed by atoms with E-state index in [4.69, 9.17) is 0 Å². The van der Waals surface area contributed by atoms with Crippen LogP contribution >= 0.6 is 0 Å². The molecule has 0 aromatic heterocycles. The Hall–Kier alpha value is -1.16. The van der Waals surface area contributed by atoms with Crippen molar-refractivity contribution >= 4 is 11.8 Å². The Balaban J connectivity index is 1.81. The molecule has 4 heteroatoms. The van der Waals surface area contributed by atoms with E-state index in [1.807, 2.05) is 0 Å². The Morgan fingerprint density at radius 3 is 2.62 bits per heavy atom. The van der Waals surface area contributed by atoms with E-state index < -0.39 is 12.0 Å². The molecule has 2 aliphatic carbocycles. The first-order chi connectivity index (χ1) is 11.1. The fraction of sp³-hybridized carbons (Fsp3) is 0.800. The highest BCUT2D eigenvalue weighted by molar-refractivity contribution is 6.03. The fourth-order valence-electron chi connectivity index (χ4n) is 6.00. The van der Waals surface area contributed by atoms with Crippen LogP contribution in [0, 0.1) is 28.6 Å². The van der Waals surface area contributed by atoms with Gasteiger partial charge in [-0.05, 0) is 54.8 Å². The highest BCUT2D eigenvalue weighted by Crippen LogP contribution is 2.61. The molecule has 2 N–H and O–H groups in total. The van der Waals surface area contributed by atoms with Crippen molar-refractivity contribution in [3.05, 3.63) is 12.2 Å². The third kappa shape index (κ3) is 2.83. The van der Waals surface area contributed by atoms with Crippen molar-refractivity contribution in [2.75, 3.05) is 0 Å². The minimum atomic E-state index is -0.765. The number of nitrogens with one attached hydrogen (secondary N) is 1. The maximum Gasteiger partial charge on any atom is 0.232 e. The predicted molar refractivity (Wildman–Crippen MR) is 93.0 cm³/mol. The molecule has 3 fully saturated rings. The third-order valence-electron chi connectivity index (χ3n) is 7.27. The molecule has 0 radical (unpaired) electrons. The standard InChI is InChI=1S/C20H31NO3/c1-12-6-7-16-19(2,3)8-5-9-20(16,4)14(12)11-15(22)13-10-17(23)21-18(13)24/h13-16,22H,1,5-11H2,2-4H3,(H,21,23,24)/t13-,14-,15+,16-,20+/m0/s1. The van der Waals surface area contributed by atoms with Crippen LogP contribution in [-0.2, 0) is 9.59 Å². The molecule has 1 heterocycles. The SMILES string of the molecule is C=C1CC[C@H]2C(C)(C)CCC[C@]2(C)[C@H]1C[C@@H](O)[C@@H]1CC(=O)NC1=O. The fourth-order valence-corrected chi connectivity index (χ4v) is 6.00. The lowest BCUT2D eigenvalue weighted by molar-refractivity contribution is -0.128. The summed E-state index contributed by atoms with van der Waals surface area (Å²) in [5.41, 5.74) is 1.67. The van der Waals surface area contributed by atoms with Gasteiger partial charge in [-0.15, -0.1) is 0 Å². The zero-order valence-electron chi connectivity index (χ0n) is 15.2. The van der Waals surface area contributed by atoms with E-state index in [-0.39, 0.29) is 29.6 Å². The molecule has 4 nitrogen and oxygen atoms in total. The largest absolute Gasteiger partial charge is 0.392 e. The Kier molecular flexibility index (Phi) is 4.40. The molecule has 5 atom stereocenters. The number of allylic oxidation sites excluding steroid dienone is 1. The average Bonchev–Trinajstić information content (AvgIpc) is 2.80. The second-order valence-electron chi connectivity index (χ2n) is 9.18. The molecule has 0 aromatic carbocycles. The molecule has 24 heavy (non-hydrogen) atoms. The van der Waals surface area contributed by atoms with Gasteiger partial charge in [0.05, 0.1) is 12.0 Å². The minimum Gasteiger partial charge on any atom is -0.392 e. The molecule has 0 unspecified atom stereocenters. The van der Waals surface area contributed by atoms with Crippen LogP contribution in [0.2, 0.25) is 0 Å². The number of carbonyl (C=O) groups is 2. The number of carbonyl (C=O) groups excluding carboxylic acids is 2. The van der Waals surface area contributed by atoms with E-state index in [1.165, 1.54) is 24.8 Å². The van der Waals surface area contributed by atoms with E-state index in [2.05, 4.69) is 32.7 Å². The number of fused-ring (bicyclic) bond motifs is 1. The van der Waals surface area contributed by atoms with Gasteiger partial charge in [0.15, 0.2) is 0 Å². The lowest BCUT2D eigenvalue weighted by atomic mass is 9.47. The maximum absolute atomic E-state index is 11.9. The lowest BCUT2D eigenvalue weighted by Crippen LogP contribution is -2.50. The second kappa shape index (κ2) is 5.98. The number of rotatable bonds is 3. The Labute approximate surface area is 145 Å². The number of aliphatic hydroxyl groups excluding tert-OH is 1. The normalized spacial score (nSPS) is 40.2. The van der Waals surface area contributed by atoms with Gasteiger partial charge in [0.1, 0.15) is 0 Å². The molecule has 3 aliphatic rings. The molecular formula is C20H31NO3. The van der Waals surface area contributed by atoms with Gasteiger partial charge in [-0.25, -0.2) is 0 Å². The summed E-state index contributed by atoms with van der Waals surface area (Å²) < 4.78 is 0. The molecule has 0 spiro atoms. The highest BCUT2D eigenvalue weighted by atomic mass is 16.3. The summed E-state index contributed by atoms with van der Waals surface area (Å²) in [6.45, 7) is 11.4. The highest BCUT2D eigenvalue weighted by Gasteiger charge is 2.53. The first-order valence-corrected chi connectivity index (χ1v) is 9.34. The molecule has 0 bridgehead atoms. The van der Waals surface area contributed by atoms with Crippen LogP contribution in [0.15, 0.2) is 12.2 Å². The van der Waals surface area contributed by atoms with Gasteiger partial charge in [0.25, 0.3) is 0 Å². The molecule has 134 valence electrons. The zero-order chi connectivity index (χ0) is 17.7. The van der Waals surface area contributed by atoms with Crippen LogP contribution in [0.1, 0.15) is 65.7 Å². The van der Waals surface area contributed by atoms with Crippen molar-refractivity contribution in [1.29, 1.82) is 0 Å². The van der Waals surface area contributed by atoms with Crippen molar-refractivity contribution in [3.8, 4) is 0 Å². The van der Waals surface area contributed by atoms with Crippen LogP contribution in [0.4, 0.5) is 0 Å². The van der Waals surface area contributed by atoms with E-state index in [1.54, 1.807) is 0 Å². The molecule has 1 saturated heterocycles.